The Morgan fingerprint density at radius 2 is 1.63 bits per heavy atom. The molecule has 0 radical (unpaired) electrons. The van der Waals surface area contributed by atoms with Gasteiger partial charge in [0, 0.05) is 13.5 Å². The number of amides is 2. The van der Waals surface area contributed by atoms with Crippen LogP contribution in [0.5, 0.6) is 11.5 Å². The van der Waals surface area contributed by atoms with E-state index in [0.29, 0.717) is 23.7 Å². The molecule has 0 heterocycles. The third-order valence-electron chi connectivity index (χ3n) is 3.95. The molecule has 0 saturated carbocycles. The summed E-state index contributed by atoms with van der Waals surface area (Å²) in [4.78, 5) is 27.9. The van der Waals surface area contributed by atoms with Crippen LogP contribution in [0.4, 0.5) is 5.69 Å². The van der Waals surface area contributed by atoms with E-state index in [9.17, 15) is 9.59 Å². The van der Waals surface area contributed by atoms with E-state index >= 15 is 0 Å². The fourth-order valence-electron chi connectivity index (χ4n) is 2.56. The Balaban J connectivity index is 1.99. The van der Waals surface area contributed by atoms with E-state index in [1.54, 1.807) is 17.0 Å². The van der Waals surface area contributed by atoms with Crippen molar-refractivity contribution < 1.29 is 14.3 Å². The molecule has 1 N–H and O–H groups in total. The zero-order chi connectivity index (χ0) is 19.6. The Morgan fingerprint density at radius 3 is 2.30 bits per heavy atom. The molecule has 0 bridgehead atoms. The van der Waals surface area contributed by atoms with Gasteiger partial charge in [-0.05, 0) is 51.3 Å². The first-order valence-corrected chi connectivity index (χ1v) is 8.97. The molecule has 2 aromatic carbocycles. The van der Waals surface area contributed by atoms with Crippen molar-refractivity contribution in [2.45, 2.75) is 13.3 Å². The smallest absolute Gasteiger partial charge is 0.244 e. The Hall–Kier alpha value is -2.86. The molecule has 2 aromatic rings. The number of nitrogens with zero attached hydrogens (tertiary/aromatic N) is 2. The summed E-state index contributed by atoms with van der Waals surface area (Å²) >= 11 is 0. The molecule has 0 saturated heterocycles. The first-order chi connectivity index (χ1) is 13.0. The summed E-state index contributed by atoms with van der Waals surface area (Å²) in [5, 5.41) is 2.85. The van der Waals surface area contributed by atoms with Crippen LogP contribution in [-0.4, -0.2) is 55.3 Å². The number of rotatable bonds is 9. The van der Waals surface area contributed by atoms with E-state index < -0.39 is 0 Å². The third-order valence-corrected chi connectivity index (χ3v) is 3.95. The van der Waals surface area contributed by atoms with Gasteiger partial charge in [-0.1, -0.05) is 30.3 Å². The lowest BCUT2D eigenvalue weighted by Crippen LogP contribution is -2.38. The van der Waals surface area contributed by atoms with Gasteiger partial charge in [0.15, 0.2) is 5.75 Å². The quantitative estimate of drug-likeness (QED) is 0.737. The molecule has 27 heavy (non-hydrogen) atoms. The highest BCUT2D eigenvalue weighted by atomic mass is 16.5. The number of ether oxygens (including phenoxy) is 1. The number of hydrogen-bond acceptors (Lipinski definition) is 4. The molecule has 144 valence electrons. The normalized spacial score (nSPS) is 10.5. The van der Waals surface area contributed by atoms with Gasteiger partial charge < -0.3 is 19.9 Å². The monoisotopic (exact) mass is 369 g/mol. The number of para-hydroxylation sites is 3. The predicted molar refractivity (Wildman–Crippen MR) is 107 cm³/mol. The molecule has 0 fully saturated rings. The minimum absolute atomic E-state index is 0.0163. The van der Waals surface area contributed by atoms with Gasteiger partial charge in [-0.3, -0.25) is 9.59 Å². The van der Waals surface area contributed by atoms with Gasteiger partial charge >= 0.3 is 0 Å². The second-order valence-electron chi connectivity index (χ2n) is 6.56. The van der Waals surface area contributed by atoms with E-state index in [1.165, 1.54) is 6.92 Å². The molecule has 2 rings (SSSR count). The standard InChI is InChI=1S/C21H27N3O3/c1-17(25)24(15-9-14-23(2)3)16-21(26)22-19-12-7-8-13-20(19)27-18-10-5-4-6-11-18/h4-8,10-13H,9,14-16H2,1-3H3,(H,22,26). The summed E-state index contributed by atoms with van der Waals surface area (Å²) in [6.45, 7) is 2.90. The summed E-state index contributed by atoms with van der Waals surface area (Å²) < 4.78 is 5.85. The van der Waals surface area contributed by atoms with E-state index in [4.69, 9.17) is 4.74 Å². The van der Waals surface area contributed by atoms with E-state index in [2.05, 4.69) is 10.2 Å². The van der Waals surface area contributed by atoms with Crippen molar-refractivity contribution in [3.05, 3.63) is 54.6 Å². The number of hydrogen-bond donors (Lipinski definition) is 1. The van der Waals surface area contributed by atoms with Crippen LogP contribution in [0.15, 0.2) is 54.6 Å². The summed E-state index contributed by atoms with van der Waals surface area (Å²) in [7, 11) is 3.96. The lowest BCUT2D eigenvalue weighted by atomic mass is 10.2. The Labute approximate surface area is 160 Å². The van der Waals surface area contributed by atoms with Gasteiger partial charge in [-0.2, -0.15) is 0 Å². The summed E-state index contributed by atoms with van der Waals surface area (Å²) in [5.41, 5.74) is 0.572. The predicted octanol–water partition coefficient (Wildman–Crippen LogP) is 3.22. The molecule has 0 spiro atoms. The first-order valence-electron chi connectivity index (χ1n) is 8.97. The van der Waals surface area contributed by atoms with Gasteiger partial charge in [-0.25, -0.2) is 0 Å². The van der Waals surface area contributed by atoms with Crippen molar-refractivity contribution in [1.82, 2.24) is 9.80 Å². The molecule has 2 amide bonds. The van der Waals surface area contributed by atoms with Crippen molar-refractivity contribution in [2.75, 3.05) is 39.0 Å². The number of carbonyl (C=O) groups excluding carboxylic acids is 2. The molecule has 0 aliphatic rings. The zero-order valence-electron chi connectivity index (χ0n) is 16.1. The maximum atomic E-state index is 12.5. The van der Waals surface area contributed by atoms with Crippen LogP contribution in [0.25, 0.3) is 0 Å². The summed E-state index contributed by atoms with van der Waals surface area (Å²) in [6.07, 6.45) is 0.813. The summed E-state index contributed by atoms with van der Waals surface area (Å²) in [5.74, 6) is 0.879. The summed E-state index contributed by atoms with van der Waals surface area (Å²) in [6, 6.07) is 16.6. The number of anilines is 1. The topological polar surface area (TPSA) is 61.9 Å². The Kier molecular flexibility index (Phi) is 7.82. The van der Waals surface area contributed by atoms with Crippen LogP contribution < -0.4 is 10.1 Å². The second-order valence-corrected chi connectivity index (χ2v) is 6.56. The Morgan fingerprint density at radius 1 is 0.963 bits per heavy atom. The molecular weight excluding hydrogens is 342 g/mol. The van der Waals surface area contributed by atoms with Crippen LogP contribution in [0, 0.1) is 0 Å². The van der Waals surface area contributed by atoms with Crippen molar-refractivity contribution >= 4 is 17.5 Å². The highest BCUT2D eigenvalue weighted by molar-refractivity contribution is 5.95. The molecule has 0 aliphatic carbocycles. The molecule has 6 heteroatoms. The van der Waals surface area contributed by atoms with Crippen LogP contribution >= 0.6 is 0 Å². The van der Waals surface area contributed by atoms with E-state index in [1.807, 2.05) is 56.6 Å². The largest absolute Gasteiger partial charge is 0.455 e. The average molecular weight is 369 g/mol. The fraction of sp³-hybridized carbons (Fsp3) is 0.333. The minimum atomic E-state index is -0.251. The lowest BCUT2D eigenvalue weighted by Gasteiger charge is -2.22. The number of nitrogens with one attached hydrogen (secondary N) is 1. The SMILES string of the molecule is CC(=O)N(CCCN(C)C)CC(=O)Nc1ccccc1Oc1ccccc1. The second kappa shape index (κ2) is 10.3. The molecule has 0 atom stereocenters. The Bertz CT molecular complexity index is 747. The van der Waals surface area contributed by atoms with Crippen molar-refractivity contribution in [2.24, 2.45) is 0 Å². The van der Waals surface area contributed by atoms with Gasteiger partial charge in [-0.15, -0.1) is 0 Å². The number of carbonyl (C=O) groups is 2. The molecule has 0 aliphatic heterocycles. The van der Waals surface area contributed by atoms with Crippen LogP contribution in [0.1, 0.15) is 13.3 Å². The van der Waals surface area contributed by atoms with Gasteiger partial charge in [0.1, 0.15) is 5.75 Å². The van der Waals surface area contributed by atoms with E-state index in [0.717, 1.165) is 13.0 Å². The fourth-order valence-corrected chi connectivity index (χ4v) is 2.56. The van der Waals surface area contributed by atoms with E-state index in [-0.39, 0.29) is 18.4 Å². The first kappa shape index (κ1) is 20.5. The van der Waals surface area contributed by atoms with Crippen LogP contribution in [0.3, 0.4) is 0 Å². The number of benzene rings is 2. The van der Waals surface area contributed by atoms with Gasteiger partial charge in [0.05, 0.1) is 12.2 Å². The maximum Gasteiger partial charge on any atom is 0.244 e. The lowest BCUT2D eigenvalue weighted by molar-refractivity contribution is -0.132. The third kappa shape index (κ3) is 7.11. The van der Waals surface area contributed by atoms with Gasteiger partial charge in [0.25, 0.3) is 0 Å². The molecule has 6 nitrogen and oxygen atoms in total. The van der Waals surface area contributed by atoms with Crippen LogP contribution in [-0.2, 0) is 9.59 Å². The molecular formula is C21H27N3O3. The maximum absolute atomic E-state index is 12.5. The minimum Gasteiger partial charge on any atom is -0.455 e. The highest BCUT2D eigenvalue weighted by Gasteiger charge is 2.15. The van der Waals surface area contributed by atoms with Crippen molar-refractivity contribution in [3.8, 4) is 11.5 Å². The average Bonchev–Trinajstić information content (AvgIpc) is 2.63. The van der Waals surface area contributed by atoms with Crippen molar-refractivity contribution in [3.63, 3.8) is 0 Å². The zero-order valence-corrected chi connectivity index (χ0v) is 16.1. The van der Waals surface area contributed by atoms with Crippen LogP contribution in [0.2, 0.25) is 0 Å². The van der Waals surface area contributed by atoms with Crippen molar-refractivity contribution in [1.29, 1.82) is 0 Å². The molecule has 0 aromatic heterocycles. The van der Waals surface area contributed by atoms with Gasteiger partial charge in [0.2, 0.25) is 11.8 Å². The highest BCUT2D eigenvalue weighted by Crippen LogP contribution is 2.29. The molecule has 0 unspecified atom stereocenters.